The monoisotopic (exact) mass is 290 g/mol. The summed E-state index contributed by atoms with van der Waals surface area (Å²) in [6.07, 6.45) is 4.87. The molecule has 1 fully saturated rings. The number of likely N-dealkylation sites (tertiary alicyclic amines) is 1. The summed E-state index contributed by atoms with van der Waals surface area (Å²) in [7, 11) is 0. The van der Waals surface area contributed by atoms with Gasteiger partial charge in [0.05, 0.1) is 6.61 Å². The van der Waals surface area contributed by atoms with Crippen molar-refractivity contribution in [3.8, 4) is 5.75 Å². The van der Waals surface area contributed by atoms with Gasteiger partial charge >= 0.3 is 0 Å². The second-order valence-corrected chi connectivity index (χ2v) is 6.21. The molecule has 3 heteroatoms. The largest absolute Gasteiger partial charge is 0.494 e. The van der Waals surface area contributed by atoms with Gasteiger partial charge in [-0.3, -0.25) is 4.90 Å². The molecule has 118 valence electrons. The van der Waals surface area contributed by atoms with Crippen molar-refractivity contribution < 1.29 is 4.74 Å². The highest BCUT2D eigenvalue weighted by atomic mass is 16.5. The normalized spacial score (nSPS) is 24.2. The van der Waals surface area contributed by atoms with E-state index in [1.54, 1.807) is 0 Å². The maximum absolute atomic E-state index is 6.42. The molecule has 3 atom stereocenters. The minimum absolute atomic E-state index is 0.0832. The molecule has 0 spiro atoms. The smallest absolute Gasteiger partial charge is 0.119 e. The van der Waals surface area contributed by atoms with Crippen molar-refractivity contribution >= 4 is 0 Å². The summed E-state index contributed by atoms with van der Waals surface area (Å²) in [6.45, 7) is 8.44. The number of ether oxygens (including phenoxy) is 1. The molecule has 0 saturated carbocycles. The minimum atomic E-state index is 0.0832. The molecule has 0 radical (unpaired) electrons. The lowest BCUT2D eigenvalue weighted by Crippen LogP contribution is -2.39. The molecule has 1 aliphatic rings. The summed E-state index contributed by atoms with van der Waals surface area (Å²) in [6, 6.07) is 9.74. The molecule has 1 aliphatic heterocycles. The molecule has 0 amide bonds. The second kappa shape index (κ2) is 7.81. The van der Waals surface area contributed by atoms with Crippen LogP contribution >= 0.6 is 0 Å². The van der Waals surface area contributed by atoms with Crippen LogP contribution in [0.4, 0.5) is 0 Å². The van der Waals surface area contributed by atoms with Gasteiger partial charge in [0.15, 0.2) is 0 Å². The van der Waals surface area contributed by atoms with E-state index in [0.717, 1.165) is 25.3 Å². The SMILES string of the molecule is CCCOc1ccc(C(N)CN2C(C)CCC2CC)cc1. The summed E-state index contributed by atoms with van der Waals surface area (Å²) < 4.78 is 5.62. The third-order valence-corrected chi connectivity index (χ3v) is 4.61. The van der Waals surface area contributed by atoms with Gasteiger partial charge in [-0.05, 0) is 50.3 Å². The summed E-state index contributed by atoms with van der Waals surface area (Å²) in [5.74, 6) is 0.939. The topological polar surface area (TPSA) is 38.5 Å². The maximum atomic E-state index is 6.42. The zero-order chi connectivity index (χ0) is 15.2. The predicted octanol–water partition coefficient (Wildman–Crippen LogP) is 3.74. The fourth-order valence-electron chi connectivity index (χ4n) is 3.26. The van der Waals surface area contributed by atoms with Gasteiger partial charge in [0.25, 0.3) is 0 Å². The zero-order valence-corrected chi connectivity index (χ0v) is 13.7. The highest BCUT2D eigenvalue weighted by Gasteiger charge is 2.30. The van der Waals surface area contributed by atoms with Gasteiger partial charge in [-0.25, -0.2) is 0 Å². The molecule has 0 aromatic heterocycles. The van der Waals surface area contributed by atoms with Crippen LogP contribution in [0, 0.1) is 0 Å². The van der Waals surface area contributed by atoms with Crippen molar-refractivity contribution in [3.05, 3.63) is 29.8 Å². The maximum Gasteiger partial charge on any atom is 0.119 e. The lowest BCUT2D eigenvalue weighted by atomic mass is 10.1. The van der Waals surface area contributed by atoms with E-state index in [4.69, 9.17) is 10.5 Å². The van der Waals surface area contributed by atoms with E-state index in [2.05, 4.69) is 37.8 Å². The fraction of sp³-hybridized carbons (Fsp3) is 0.667. The van der Waals surface area contributed by atoms with Gasteiger partial charge < -0.3 is 10.5 Å². The summed E-state index contributed by atoms with van der Waals surface area (Å²) in [5.41, 5.74) is 7.62. The molecule has 1 heterocycles. The Morgan fingerprint density at radius 3 is 2.57 bits per heavy atom. The molecule has 2 N–H and O–H groups in total. The van der Waals surface area contributed by atoms with E-state index in [0.29, 0.717) is 12.1 Å². The van der Waals surface area contributed by atoms with Crippen LogP contribution in [0.2, 0.25) is 0 Å². The molecule has 1 aromatic rings. The summed E-state index contributed by atoms with van der Waals surface area (Å²) in [4.78, 5) is 2.59. The quantitative estimate of drug-likeness (QED) is 0.831. The first-order valence-corrected chi connectivity index (χ1v) is 8.39. The van der Waals surface area contributed by atoms with Crippen LogP contribution in [-0.2, 0) is 0 Å². The van der Waals surface area contributed by atoms with Crippen LogP contribution in [-0.4, -0.2) is 30.1 Å². The van der Waals surface area contributed by atoms with Crippen LogP contribution in [0.3, 0.4) is 0 Å². The lowest BCUT2D eigenvalue weighted by molar-refractivity contribution is 0.186. The van der Waals surface area contributed by atoms with Gasteiger partial charge in [0.1, 0.15) is 5.75 Å². The van der Waals surface area contributed by atoms with Gasteiger partial charge in [-0.2, -0.15) is 0 Å². The Kier molecular flexibility index (Phi) is 6.07. The predicted molar refractivity (Wildman–Crippen MR) is 88.6 cm³/mol. The van der Waals surface area contributed by atoms with Gasteiger partial charge in [-0.1, -0.05) is 26.0 Å². The Bertz CT molecular complexity index is 418. The number of rotatable bonds is 7. The molecule has 3 nitrogen and oxygen atoms in total. The highest BCUT2D eigenvalue weighted by Crippen LogP contribution is 2.28. The Hall–Kier alpha value is -1.06. The third kappa shape index (κ3) is 4.21. The van der Waals surface area contributed by atoms with E-state index in [-0.39, 0.29) is 6.04 Å². The van der Waals surface area contributed by atoms with Crippen LogP contribution in [0.15, 0.2) is 24.3 Å². The average Bonchev–Trinajstić information content (AvgIpc) is 2.86. The number of benzene rings is 1. The molecule has 0 aliphatic carbocycles. The molecular formula is C18H30N2O. The van der Waals surface area contributed by atoms with Crippen LogP contribution in [0.1, 0.15) is 58.1 Å². The first-order valence-electron chi connectivity index (χ1n) is 8.39. The first kappa shape index (κ1) is 16.3. The van der Waals surface area contributed by atoms with Crippen molar-refractivity contribution in [2.75, 3.05) is 13.2 Å². The van der Waals surface area contributed by atoms with Crippen molar-refractivity contribution in [1.82, 2.24) is 4.90 Å². The lowest BCUT2D eigenvalue weighted by Gasteiger charge is -2.30. The van der Waals surface area contributed by atoms with Crippen molar-refractivity contribution in [1.29, 1.82) is 0 Å². The van der Waals surface area contributed by atoms with Crippen molar-refractivity contribution in [2.45, 2.75) is 64.6 Å². The van der Waals surface area contributed by atoms with E-state index in [1.807, 2.05) is 12.1 Å². The van der Waals surface area contributed by atoms with E-state index in [1.165, 1.54) is 24.8 Å². The first-order chi connectivity index (χ1) is 10.2. The van der Waals surface area contributed by atoms with E-state index >= 15 is 0 Å². The molecule has 0 bridgehead atoms. The summed E-state index contributed by atoms with van der Waals surface area (Å²) in [5, 5.41) is 0. The Labute approximate surface area is 129 Å². The zero-order valence-electron chi connectivity index (χ0n) is 13.7. The molecular weight excluding hydrogens is 260 g/mol. The second-order valence-electron chi connectivity index (χ2n) is 6.21. The molecule has 3 unspecified atom stereocenters. The number of nitrogens with two attached hydrogens (primary N) is 1. The van der Waals surface area contributed by atoms with Crippen LogP contribution in [0.5, 0.6) is 5.75 Å². The van der Waals surface area contributed by atoms with Gasteiger partial charge in [0, 0.05) is 24.7 Å². The van der Waals surface area contributed by atoms with Crippen molar-refractivity contribution in [3.63, 3.8) is 0 Å². The average molecular weight is 290 g/mol. The molecule has 2 rings (SSSR count). The Morgan fingerprint density at radius 2 is 1.95 bits per heavy atom. The van der Waals surface area contributed by atoms with E-state index < -0.39 is 0 Å². The Balaban J connectivity index is 1.94. The van der Waals surface area contributed by atoms with Crippen LogP contribution < -0.4 is 10.5 Å². The third-order valence-electron chi connectivity index (χ3n) is 4.61. The number of nitrogens with zero attached hydrogens (tertiary/aromatic N) is 1. The molecule has 1 aromatic carbocycles. The number of hydrogen-bond donors (Lipinski definition) is 1. The van der Waals surface area contributed by atoms with E-state index in [9.17, 15) is 0 Å². The standard InChI is InChI=1S/C18H30N2O/c1-4-12-21-17-10-7-15(8-11-17)18(19)13-20-14(3)6-9-16(20)5-2/h7-8,10-11,14,16,18H,4-6,9,12-13,19H2,1-3H3. The highest BCUT2D eigenvalue weighted by molar-refractivity contribution is 5.29. The van der Waals surface area contributed by atoms with Gasteiger partial charge in [0.2, 0.25) is 0 Å². The summed E-state index contributed by atoms with van der Waals surface area (Å²) >= 11 is 0. The Morgan fingerprint density at radius 1 is 1.24 bits per heavy atom. The van der Waals surface area contributed by atoms with Crippen LogP contribution in [0.25, 0.3) is 0 Å². The minimum Gasteiger partial charge on any atom is -0.494 e. The number of hydrogen-bond acceptors (Lipinski definition) is 3. The molecule has 21 heavy (non-hydrogen) atoms. The molecule has 1 saturated heterocycles. The fourth-order valence-corrected chi connectivity index (χ4v) is 3.26. The van der Waals surface area contributed by atoms with Gasteiger partial charge in [-0.15, -0.1) is 0 Å². The van der Waals surface area contributed by atoms with Crippen molar-refractivity contribution in [2.24, 2.45) is 5.73 Å².